The molecule has 0 aromatic heterocycles. The lowest BCUT2D eigenvalue weighted by Gasteiger charge is -2.46. The third kappa shape index (κ3) is 4.45. The molecule has 0 spiro atoms. The number of nitrogens with zero attached hydrogens (tertiary/aromatic N) is 2. The largest absolute Gasteiger partial charge is 0.511 e. The van der Waals surface area contributed by atoms with Crippen molar-refractivity contribution in [1.29, 1.82) is 0 Å². The van der Waals surface area contributed by atoms with Crippen LogP contribution in [0.25, 0.3) is 0 Å². The molecule has 4 atom stereocenters. The Kier molecular flexibility index (Phi) is 6.34. The van der Waals surface area contributed by atoms with Gasteiger partial charge < -0.3 is 21.1 Å². The van der Waals surface area contributed by atoms with Crippen LogP contribution in [0.4, 0.5) is 0 Å². The molecule has 9 heteroatoms. The number of carbonyl (C=O) groups is 3. The Morgan fingerprint density at radius 3 is 2.21 bits per heavy atom. The molecule has 39 heavy (non-hydrogen) atoms. The molecule has 1 aromatic rings. The number of likely N-dealkylation sites (N-methyl/N-ethyl adjacent to an activating group) is 1. The fourth-order valence-corrected chi connectivity index (χ4v) is 7.26. The standard InChI is InChI=1S/C30H37N3O6/c1-32(2)25-19-10-17-9-18-16(13-33(11-14-3-4-14)12-15-5-6-15)7-8-20(34)22(18)26(35)21(17)27(36)23(19)28(37)24(29(25)38)30(31)39/h7-8,14-15,17,19,23,25,34,36,38H,3-6,9-13H2,1-2H3,(H2,31,39)/t17-,19+,23?,25?/m0/s1. The number of ketones is 2. The third-order valence-corrected chi connectivity index (χ3v) is 9.37. The van der Waals surface area contributed by atoms with Crippen LogP contribution in [-0.2, 0) is 22.6 Å². The molecule has 0 radical (unpaired) electrons. The molecule has 1 amide bonds. The van der Waals surface area contributed by atoms with Gasteiger partial charge in [-0.25, -0.2) is 0 Å². The van der Waals surface area contributed by atoms with Gasteiger partial charge in [0.15, 0.2) is 11.6 Å². The lowest BCUT2D eigenvalue weighted by molar-refractivity contribution is -0.127. The van der Waals surface area contributed by atoms with Gasteiger partial charge in [0.1, 0.15) is 22.8 Å². The number of aliphatic hydroxyl groups excluding tert-OH is 2. The van der Waals surface area contributed by atoms with Gasteiger partial charge in [-0.1, -0.05) is 6.07 Å². The third-order valence-electron chi connectivity index (χ3n) is 9.37. The van der Waals surface area contributed by atoms with Gasteiger partial charge in [0.2, 0.25) is 0 Å². The van der Waals surface area contributed by atoms with Crippen LogP contribution >= 0.6 is 0 Å². The fourth-order valence-electron chi connectivity index (χ4n) is 7.26. The number of hydrogen-bond acceptors (Lipinski definition) is 8. The number of nitrogens with two attached hydrogens (primary N) is 1. The van der Waals surface area contributed by atoms with Crippen LogP contribution in [0.5, 0.6) is 5.75 Å². The SMILES string of the molecule is CN(C)C1C(O)=C(C(N)=O)C(=O)C2C(O)=C3C(=O)c4c(O)ccc(CN(CC5CC5)CC5CC5)c4C[C@H]3C[C@H]21. The lowest BCUT2D eigenvalue weighted by Crippen LogP contribution is -2.53. The van der Waals surface area contributed by atoms with Crippen molar-refractivity contribution in [3.63, 3.8) is 0 Å². The average Bonchev–Trinajstić information content (AvgIpc) is 3.77. The molecular weight excluding hydrogens is 498 g/mol. The number of primary amides is 1. The highest BCUT2D eigenvalue weighted by Crippen LogP contribution is 2.50. The summed E-state index contributed by atoms with van der Waals surface area (Å²) < 4.78 is 0. The van der Waals surface area contributed by atoms with Gasteiger partial charge in [0.05, 0.1) is 17.5 Å². The first-order valence-electron chi connectivity index (χ1n) is 14.0. The Morgan fingerprint density at radius 2 is 1.64 bits per heavy atom. The van der Waals surface area contributed by atoms with E-state index in [1.54, 1.807) is 25.1 Å². The summed E-state index contributed by atoms with van der Waals surface area (Å²) >= 11 is 0. The van der Waals surface area contributed by atoms with E-state index in [9.17, 15) is 29.7 Å². The Morgan fingerprint density at radius 1 is 1.00 bits per heavy atom. The summed E-state index contributed by atoms with van der Waals surface area (Å²) in [5, 5.41) is 33.2. The topological polar surface area (TPSA) is 144 Å². The number of phenolic OH excluding ortho intramolecular Hbond substituents is 1. The van der Waals surface area contributed by atoms with Gasteiger partial charge >= 0.3 is 0 Å². The van der Waals surface area contributed by atoms with Crippen molar-refractivity contribution in [1.82, 2.24) is 9.80 Å². The molecule has 2 saturated carbocycles. The zero-order valence-corrected chi connectivity index (χ0v) is 22.5. The molecule has 0 heterocycles. The number of amides is 1. The smallest absolute Gasteiger partial charge is 0.255 e. The van der Waals surface area contributed by atoms with E-state index in [4.69, 9.17) is 5.73 Å². The predicted octanol–water partition coefficient (Wildman–Crippen LogP) is 2.63. The molecule has 0 saturated heterocycles. The monoisotopic (exact) mass is 535 g/mol. The van der Waals surface area contributed by atoms with Crippen molar-refractivity contribution < 1.29 is 29.7 Å². The maximum Gasteiger partial charge on any atom is 0.255 e. The molecule has 1 aromatic carbocycles. The summed E-state index contributed by atoms with van der Waals surface area (Å²) in [6.07, 6.45) is 5.84. The molecular formula is C30H37N3O6. The number of carbonyl (C=O) groups excluding carboxylic acids is 3. The minimum Gasteiger partial charge on any atom is -0.511 e. The normalized spacial score (nSPS) is 28.6. The summed E-state index contributed by atoms with van der Waals surface area (Å²) in [5.41, 5.74) is 7.06. The van der Waals surface area contributed by atoms with Crippen molar-refractivity contribution in [3.8, 4) is 5.75 Å². The summed E-state index contributed by atoms with van der Waals surface area (Å²) in [6.45, 7) is 2.79. The summed E-state index contributed by atoms with van der Waals surface area (Å²) in [7, 11) is 3.46. The molecule has 208 valence electrons. The van der Waals surface area contributed by atoms with Crippen molar-refractivity contribution >= 4 is 17.5 Å². The van der Waals surface area contributed by atoms with Crippen LogP contribution in [-0.4, -0.2) is 75.8 Å². The van der Waals surface area contributed by atoms with E-state index in [1.807, 2.05) is 6.07 Å². The first kappa shape index (κ1) is 26.1. The number of Topliss-reactive ketones (excluding diaryl/α,β-unsaturated/α-hetero) is 2. The zero-order chi connectivity index (χ0) is 27.7. The van der Waals surface area contributed by atoms with Gasteiger partial charge in [0.25, 0.3) is 5.91 Å². The highest BCUT2D eigenvalue weighted by atomic mass is 16.3. The van der Waals surface area contributed by atoms with Gasteiger partial charge in [-0.2, -0.15) is 0 Å². The van der Waals surface area contributed by atoms with Gasteiger partial charge in [-0.15, -0.1) is 0 Å². The second kappa shape index (κ2) is 9.48. The first-order valence-corrected chi connectivity index (χ1v) is 14.0. The molecule has 2 fully saturated rings. The fraction of sp³-hybridized carbons (Fsp3) is 0.567. The van der Waals surface area contributed by atoms with Crippen LogP contribution in [0.1, 0.15) is 53.6 Å². The summed E-state index contributed by atoms with van der Waals surface area (Å²) in [6, 6.07) is 2.75. The van der Waals surface area contributed by atoms with Crippen LogP contribution in [0.2, 0.25) is 0 Å². The average molecular weight is 536 g/mol. The van der Waals surface area contributed by atoms with Crippen LogP contribution in [0.3, 0.4) is 0 Å². The minimum atomic E-state index is -1.16. The molecule has 5 aliphatic carbocycles. The number of hydrogen-bond donors (Lipinski definition) is 4. The lowest BCUT2D eigenvalue weighted by atomic mass is 9.60. The molecule has 2 unspecified atom stereocenters. The highest BCUT2D eigenvalue weighted by Gasteiger charge is 2.54. The van der Waals surface area contributed by atoms with E-state index in [-0.39, 0.29) is 34.3 Å². The van der Waals surface area contributed by atoms with Crippen molar-refractivity contribution in [2.24, 2.45) is 35.3 Å². The van der Waals surface area contributed by atoms with E-state index in [0.29, 0.717) is 19.4 Å². The second-order valence-electron chi connectivity index (χ2n) is 12.5. The number of rotatable bonds is 8. The van der Waals surface area contributed by atoms with Crippen molar-refractivity contribution in [3.05, 3.63) is 51.5 Å². The molecule has 0 aliphatic heterocycles. The number of fused-ring (bicyclic) bond motifs is 3. The summed E-state index contributed by atoms with van der Waals surface area (Å²) in [4.78, 5) is 43.6. The van der Waals surface area contributed by atoms with E-state index in [2.05, 4.69) is 4.90 Å². The zero-order valence-electron chi connectivity index (χ0n) is 22.5. The molecule has 5 N–H and O–H groups in total. The molecule has 9 nitrogen and oxygen atoms in total. The number of aliphatic hydroxyl groups is 2. The number of aromatic hydroxyl groups is 1. The predicted molar refractivity (Wildman–Crippen MR) is 143 cm³/mol. The molecule has 6 rings (SSSR count). The van der Waals surface area contributed by atoms with Gasteiger partial charge in [0, 0.05) is 25.2 Å². The summed E-state index contributed by atoms with van der Waals surface area (Å²) in [5.74, 6) is -3.80. The van der Waals surface area contributed by atoms with Crippen LogP contribution in [0.15, 0.2) is 34.8 Å². The Balaban J connectivity index is 1.39. The van der Waals surface area contributed by atoms with Crippen molar-refractivity contribution in [2.75, 3.05) is 27.2 Å². The second-order valence-corrected chi connectivity index (χ2v) is 12.5. The molecule has 0 bridgehead atoms. The van der Waals surface area contributed by atoms with Gasteiger partial charge in [-0.3, -0.25) is 24.2 Å². The van der Waals surface area contributed by atoms with E-state index >= 15 is 0 Å². The van der Waals surface area contributed by atoms with E-state index in [1.165, 1.54) is 25.7 Å². The number of phenols is 1. The maximum atomic E-state index is 13.9. The number of allylic oxidation sites excluding steroid dienone is 2. The Hall–Kier alpha value is -3.17. The van der Waals surface area contributed by atoms with Crippen molar-refractivity contribution in [2.45, 2.75) is 51.1 Å². The first-order chi connectivity index (χ1) is 18.6. The minimum absolute atomic E-state index is 0.125. The van der Waals surface area contributed by atoms with Crippen LogP contribution in [0, 0.1) is 29.6 Å². The van der Waals surface area contributed by atoms with Gasteiger partial charge in [-0.05, 0) is 93.5 Å². The number of benzene rings is 1. The van der Waals surface area contributed by atoms with E-state index in [0.717, 1.165) is 36.1 Å². The van der Waals surface area contributed by atoms with E-state index < -0.39 is 40.9 Å². The molecule has 5 aliphatic rings. The Bertz CT molecular complexity index is 1310. The Labute approximate surface area is 228 Å². The highest BCUT2D eigenvalue weighted by molar-refractivity contribution is 6.22. The van der Waals surface area contributed by atoms with Crippen LogP contribution < -0.4 is 5.73 Å². The maximum absolute atomic E-state index is 13.9. The quantitative estimate of drug-likeness (QED) is 0.372.